The number of nitrogens with zero attached hydrogens (tertiary/aromatic N) is 9. The van der Waals surface area contributed by atoms with Gasteiger partial charge in [-0.15, -0.1) is 0 Å². The topological polar surface area (TPSA) is 312 Å². The third-order valence-electron chi connectivity index (χ3n) is 20.6. The molecule has 0 unspecified atom stereocenters. The van der Waals surface area contributed by atoms with Gasteiger partial charge in [0.05, 0.1) is 93.0 Å². The Morgan fingerprint density at radius 3 is 1.22 bits per heavy atom. The van der Waals surface area contributed by atoms with Gasteiger partial charge in [0, 0.05) is 113 Å². The number of benzene rings is 10. The van der Waals surface area contributed by atoms with E-state index < -0.39 is 58.1 Å². The molecule has 1 saturated carbocycles. The summed E-state index contributed by atoms with van der Waals surface area (Å²) in [5.74, 6) is -5.04. The molecule has 670 valence electrons. The van der Waals surface area contributed by atoms with Crippen molar-refractivity contribution in [3.63, 3.8) is 0 Å². The van der Waals surface area contributed by atoms with Gasteiger partial charge < -0.3 is 60.0 Å². The lowest BCUT2D eigenvalue weighted by Gasteiger charge is -2.19. The van der Waals surface area contributed by atoms with Crippen LogP contribution in [-0.2, 0) is 49.5 Å². The lowest BCUT2D eigenvalue weighted by molar-refractivity contribution is -0.121. The number of ketones is 3. The Balaban J connectivity index is 0.000000195. The van der Waals surface area contributed by atoms with Crippen LogP contribution in [0.3, 0.4) is 0 Å². The molecule has 5 amide bonds. The first kappa shape index (κ1) is 99.1. The van der Waals surface area contributed by atoms with Gasteiger partial charge in [-0.05, 0) is 220 Å². The minimum Gasteiger partial charge on any atom is -0.495 e. The summed E-state index contributed by atoms with van der Waals surface area (Å²) in [7, 11) is 19.5. The average Bonchev–Trinajstić information content (AvgIpc) is 1.62. The summed E-state index contributed by atoms with van der Waals surface area (Å²) in [6, 6.07) is 59.1. The number of aliphatic imine (C=N–C) groups is 4. The molecule has 0 bridgehead atoms. The Kier molecular flexibility index (Phi) is 33.9. The Hall–Kier alpha value is -13.7. The van der Waals surface area contributed by atoms with Gasteiger partial charge in [0.25, 0.3) is 29.5 Å². The number of carbonyl (C=O) groups is 10. The van der Waals surface area contributed by atoms with E-state index in [0.29, 0.717) is 81.3 Å². The molecule has 10 aromatic rings. The third kappa shape index (κ3) is 26.1. The summed E-state index contributed by atoms with van der Waals surface area (Å²) in [6.45, 7) is 15.0. The smallest absolute Gasteiger partial charge is 0.337 e. The first-order chi connectivity index (χ1) is 61.0. The summed E-state index contributed by atoms with van der Waals surface area (Å²) in [5.41, 5.74) is 10.9. The van der Waals surface area contributed by atoms with Crippen molar-refractivity contribution in [3.05, 3.63) is 271 Å². The molecule has 30 heteroatoms. The number of hydrogen-bond donors (Lipinski definition) is 4. The molecule has 10 aromatic carbocycles. The number of para-hydroxylation sites is 2. The number of hydrogen-bond acceptors (Lipinski definition) is 21. The maximum atomic E-state index is 13.8. The summed E-state index contributed by atoms with van der Waals surface area (Å²) in [4.78, 5) is 157. The average molecular weight is 1820 g/mol. The number of esters is 2. The van der Waals surface area contributed by atoms with Crippen molar-refractivity contribution in [1.29, 1.82) is 0 Å². The number of carbonyl (C=O) groups excluding carboxylic acids is 10. The number of Topliss-reactive ketones (excluding diaryl/α,β-unsaturated/α-hetero) is 3. The van der Waals surface area contributed by atoms with E-state index in [2.05, 4.69) is 41.2 Å². The highest BCUT2D eigenvalue weighted by atomic mass is 35.5. The number of aryl methyl sites for hydroxylation is 4. The van der Waals surface area contributed by atoms with E-state index in [0.717, 1.165) is 56.3 Å². The maximum Gasteiger partial charge on any atom is 0.337 e. The van der Waals surface area contributed by atoms with Crippen LogP contribution in [0.5, 0.6) is 5.75 Å². The minimum absolute atomic E-state index is 0.163. The molecule has 0 atom stereocenters. The predicted molar refractivity (Wildman–Crippen MR) is 520 cm³/mol. The zero-order valence-electron chi connectivity index (χ0n) is 75.3. The number of amides is 5. The molecule has 0 aromatic heterocycles. The molecule has 0 spiro atoms. The molecule has 1 fully saturated rings. The van der Waals surface area contributed by atoms with Gasteiger partial charge in [-0.3, -0.25) is 38.4 Å². The van der Waals surface area contributed by atoms with Crippen molar-refractivity contribution in [1.82, 2.24) is 0 Å². The van der Waals surface area contributed by atoms with E-state index in [1.54, 1.807) is 117 Å². The standard InChI is InChI=1S/C28H27ClN4O4.C24H26ClN3O4.C24H22ClN3O2.C23H28ClN3O3/c1-17-15-20(32(2)3)10-12-22(17)30-25(27(35)33-14-13-18-7-5-6-8-24(18)33)26(34)31-23-16-19(28(36)37-4)9-11-21(23)29;1-14-12-16(28(3)4)7-9-18(14)26-20(21(29)24(2)10-11-24)22(30)27-19-13-15(23(31)32-5)6-8-17(19)25;1-16-15-18(28(2)3)13-14-20(16)26-22(23(29)17-9-5-4-6-10-17)24(30)27-21-12-8-7-11-19(21)25;1-14-12-16(27(5)6)9-10-17(14)25-20(21(28)23(2,3)4)22(29)26-18-13-15(24)8-11-19(18)30-7/h5-12,15-16H,13-14H2,1-4H3,(H,31,34);6-9,12-13H,10-11H2,1-5H3,(H,27,30);4-15H,1-3H3,(H,27,30);8-13H,1-7H3,(H,26,29). The lowest BCUT2D eigenvalue weighted by Crippen LogP contribution is -2.41. The maximum absolute atomic E-state index is 13.8. The zero-order chi connectivity index (χ0) is 94.6. The van der Waals surface area contributed by atoms with Crippen LogP contribution in [-0.4, -0.2) is 166 Å². The van der Waals surface area contributed by atoms with Crippen molar-refractivity contribution < 1.29 is 62.2 Å². The molecule has 1 aliphatic heterocycles. The van der Waals surface area contributed by atoms with Crippen LogP contribution in [0.1, 0.15) is 99.4 Å². The van der Waals surface area contributed by atoms with Crippen molar-refractivity contribution in [2.24, 2.45) is 30.8 Å². The summed E-state index contributed by atoms with van der Waals surface area (Å²) >= 11 is 24.7. The van der Waals surface area contributed by atoms with Crippen LogP contribution >= 0.6 is 46.4 Å². The highest BCUT2D eigenvalue weighted by molar-refractivity contribution is 6.72. The fraction of sp³-hybridized carbons (Fsp3) is 0.253. The number of rotatable bonds is 25. The Bertz CT molecular complexity index is 6090. The van der Waals surface area contributed by atoms with Crippen LogP contribution in [0.15, 0.2) is 226 Å². The van der Waals surface area contributed by atoms with E-state index in [9.17, 15) is 47.9 Å². The Labute approximate surface area is 771 Å². The number of methoxy groups -OCH3 is 3. The molecule has 4 N–H and O–H groups in total. The second kappa shape index (κ2) is 44.2. The highest BCUT2D eigenvalue weighted by Gasteiger charge is 2.48. The van der Waals surface area contributed by atoms with E-state index >= 15 is 0 Å². The lowest BCUT2D eigenvalue weighted by atomic mass is 9.87. The fourth-order valence-corrected chi connectivity index (χ4v) is 13.4. The van der Waals surface area contributed by atoms with E-state index in [1.165, 1.54) is 57.7 Å². The molecule has 0 radical (unpaired) electrons. The number of ether oxygens (including phenoxy) is 3. The van der Waals surface area contributed by atoms with Gasteiger partial charge in [0.2, 0.25) is 5.78 Å². The molecular weight excluding hydrogens is 1720 g/mol. The minimum atomic E-state index is -0.786. The quantitative estimate of drug-likeness (QED) is 0.0179. The van der Waals surface area contributed by atoms with Gasteiger partial charge in [-0.2, -0.15) is 0 Å². The van der Waals surface area contributed by atoms with Crippen LogP contribution in [0.25, 0.3) is 0 Å². The van der Waals surface area contributed by atoms with Gasteiger partial charge in [0.15, 0.2) is 34.4 Å². The Morgan fingerprint density at radius 1 is 0.403 bits per heavy atom. The van der Waals surface area contributed by atoms with Gasteiger partial charge >= 0.3 is 11.9 Å². The zero-order valence-corrected chi connectivity index (χ0v) is 78.3. The van der Waals surface area contributed by atoms with Crippen molar-refractivity contribution in [3.8, 4) is 5.75 Å². The Morgan fingerprint density at radius 2 is 0.791 bits per heavy atom. The predicted octanol–water partition coefficient (Wildman–Crippen LogP) is 19.7. The van der Waals surface area contributed by atoms with Gasteiger partial charge in [0.1, 0.15) is 5.75 Å². The van der Waals surface area contributed by atoms with E-state index in [4.69, 9.17) is 60.6 Å². The summed E-state index contributed by atoms with van der Waals surface area (Å²) < 4.78 is 14.8. The normalized spacial score (nSPS) is 12.6. The first-order valence-corrected chi connectivity index (χ1v) is 42.2. The molecule has 12 rings (SSSR count). The highest BCUT2D eigenvalue weighted by Crippen LogP contribution is 2.47. The van der Waals surface area contributed by atoms with E-state index in [-0.39, 0.29) is 67.0 Å². The second-order valence-electron chi connectivity index (χ2n) is 32.3. The molecule has 1 aliphatic carbocycles. The van der Waals surface area contributed by atoms with Crippen LogP contribution in [0.4, 0.5) is 73.9 Å². The van der Waals surface area contributed by atoms with Crippen LogP contribution in [0.2, 0.25) is 20.1 Å². The van der Waals surface area contributed by atoms with Crippen molar-refractivity contribution in [2.75, 3.05) is 130 Å². The SMILES string of the molecule is COC(=O)c1ccc(Cl)c(NC(=O)C(=Nc2ccc(N(C)C)cc2C)C(=O)C2(C)CC2)c1.COC(=O)c1ccc(Cl)c(NC(=O)C(=Nc2ccc(N(C)C)cc2C)C(=O)N2CCc3ccccc32)c1.COc1ccc(Cl)cc1NC(=O)C(=Nc1ccc(N(C)C)cc1C)C(=O)C(C)(C)C.Cc1cc(N(C)C)ccc1N=C(C(=O)Nc1ccccc1Cl)C(=O)c1ccccc1. The van der Waals surface area contributed by atoms with E-state index in [1.807, 2.05) is 189 Å². The summed E-state index contributed by atoms with van der Waals surface area (Å²) in [6.07, 6.45) is 2.09. The number of nitrogens with one attached hydrogen (secondary N) is 4. The fourth-order valence-electron chi connectivity index (χ4n) is 12.7. The van der Waals surface area contributed by atoms with Crippen molar-refractivity contribution >= 4 is 202 Å². The van der Waals surface area contributed by atoms with Crippen molar-refractivity contribution in [2.45, 2.75) is 74.7 Å². The molecule has 26 nitrogen and oxygen atoms in total. The van der Waals surface area contributed by atoms with Gasteiger partial charge in [-0.25, -0.2) is 29.6 Å². The van der Waals surface area contributed by atoms with Crippen LogP contribution < -0.4 is 50.5 Å². The molecule has 129 heavy (non-hydrogen) atoms. The van der Waals surface area contributed by atoms with Crippen LogP contribution in [0, 0.1) is 38.5 Å². The third-order valence-corrected chi connectivity index (χ3v) is 21.8. The molecule has 2 aliphatic rings. The number of halogens is 4. The largest absolute Gasteiger partial charge is 0.495 e. The van der Waals surface area contributed by atoms with Gasteiger partial charge in [-0.1, -0.05) is 135 Å². The summed E-state index contributed by atoms with van der Waals surface area (Å²) in [5, 5.41) is 12.0. The second-order valence-corrected chi connectivity index (χ2v) is 34.0. The molecule has 0 saturated heterocycles. The monoisotopic (exact) mass is 1820 g/mol. The first-order valence-electron chi connectivity index (χ1n) is 40.7. The molecular formula is C99H103Cl4N13O13. The number of anilines is 9. The molecule has 1 heterocycles. The number of fused-ring (bicyclic) bond motifs is 1.